The van der Waals surface area contributed by atoms with Gasteiger partial charge in [-0.1, -0.05) is 11.2 Å². The van der Waals surface area contributed by atoms with Gasteiger partial charge in [0.1, 0.15) is 30.2 Å². The van der Waals surface area contributed by atoms with Crippen LogP contribution in [0.2, 0.25) is 0 Å². The van der Waals surface area contributed by atoms with Crippen molar-refractivity contribution < 1.29 is 24.0 Å². The Kier molecular flexibility index (Phi) is 7.74. The van der Waals surface area contributed by atoms with E-state index in [2.05, 4.69) is 19.8 Å². The van der Waals surface area contributed by atoms with Crippen LogP contribution in [0.15, 0.2) is 72.4 Å². The molecule has 5 rings (SSSR count). The number of hydrogen-bond acceptors (Lipinski definition) is 9. The van der Waals surface area contributed by atoms with Crippen LogP contribution in [-0.2, 0) is 16.1 Å². The van der Waals surface area contributed by atoms with Gasteiger partial charge in [0.25, 0.3) is 5.69 Å². The molecule has 0 aliphatic rings. The van der Waals surface area contributed by atoms with E-state index in [0.29, 0.717) is 35.7 Å². The minimum atomic E-state index is -0.828. The van der Waals surface area contributed by atoms with Crippen LogP contribution >= 0.6 is 0 Å². The molecule has 0 radical (unpaired) electrons. The lowest BCUT2D eigenvalue weighted by atomic mass is 9.96. The normalized spacial score (nSPS) is 12.5. The smallest absolute Gasteiger partial charge is 0.462 e. The van der Waals surface area contributed by atoms with E-state index in [1.54, 1.807) is 19.2 Å². The fraction of sp³-hybridized carbons (Fsp3) is 0.241. The van der Waals surface area contributed by atoms with Crippen molar-refractivity contribution in [2.75, 3.05) is 13.7 Å². The number of oxime groups is 1. The van der Waals surface area contributed by atoms with Crippen LogP contribution in [0.4, 0.5) is 10.5 Å². The number of hydrogen-bond donors (Lipinski definition) is 0. The fourth-order valence-electron chi connectivity index (χ4n) is 4.86. The number of non-ortho nitro benzene ring substituents is 1. The van der Waals surface area contributed by atoms with Gasteiger partial charge >= 0.3 is 6.09 Å². The molecule has 3 aromatic carbocycles. The quantitative estimate of drug-likeness (QED) is 0.101. The summed E-state index contributed by atoms with van der Waals surface area (Å²) in [6.45, 7) is 6.95. The number of nitrogens with zero attached hydrogens (tertiary/aromatic N) is 6. The van der Waals surface area contributed by atoms with Crippen molar-refractivity contribution in [2.45, 2.75) is 33.4 Å². The highest BCUT2D eigenvalue weighted by molar-refractivity contribution is 6.17. The molecule has 12 nitrogen and oxygen atoms in total. The summed E-state index contributed by atoms with van der Waals surface area (Å²) in [6, 6.07) is 16.1. The summed E-state index contributed by atoms with van der Waals surface area (Å²) in [7, 11) is 1.62. The van der Waals surface area contributed by atoms with Gasteiger partial charge in [-0.05, 0) is 62.7 Å². The van der Waals surface area contributed by atoms with E-state index in [4.69, 9.17) is 14.3 Å². The number of ether oxygens (including phenoxy) is 2. The molecule has 210 valence electrons. The van der Waals surface area contributed by atoms with Crippen LogP contribution < -0.4 is 4.74 Å². The molecule has 0 bridgehead atoms. The number of rotatable bonds is 9. The highest BCUT2D eigenvalue weighted by Gasteiger charge is 2.19. The monoisotopic (exact) mass is 556 g/mol. The zero-order valence-electron chi connectivity index (χ0n) is 23.0. The van der Waals surface area contributed by atoms with Crippen LogP contribution in [0.25, 0.3) is 21.8 Å². The molecule has 12 heteroatoms. The molecule has 0 saturated carbocycles. The van der Waals surface area contributed by atoms with Crippen molar-refractivity contribution in [1.29, 1.82) is 0 Å². The summed E-state index contributed by atoms with van der Waals surface area (Å²) >= 11 is 0. The minimum absolute atomic E-state index is 0.00263. The second kappa shape index (κ2) is 11.6. The number of carbonyl (C=O) groups is 1. The largest absolute Gasteiger partial charge is 0.488 e. The molecule has 0 N–H and O–H groups in total. The zero-order chi connectivity index (χ0) is 29.1. The summed E-state index contributed by atoms with van der Waals surface area (Å²) in [4.78, 5) is 32.7. The van der Waals surface area contributed by atoms with E-state index in [-0.39, 0.29) is 11.8 Å². The van der Waals surface area contributed by atoms with Crippen molar-refractivity contribution >= 4 is 39.3 Å². The fourth-order valence-corrected chi connectivity index (χ4v) is 4.86. The van der Waals surface area contributed by atoms with Crippen LogP contribution in [0.3, 0.4) is 0 Å². The standard InChI is InChI=1S/C29H28N6O6/c1-5-33-26-10-6-20(13-24(26)25-14-21(35(37)38)7-11-27(25)33)28(32-41-29(36)34-17-30-16-31-34)23-9-8-22(12-18(23)2)40-19(3)15-39-4/h6-14,16-17,19H,5,15H2,1-4H3/b32-28-. The number of carbonyl (C=O) groups excluding carboxylic acids is 1. The first kappa shape index (κ1) is 27.5. The molecular weight excluding hydrogens is 528 g/mol. The first-order valence-electron chi connectivity index (χ1n) is 12.9. The number of nitro groups is 1. The second-order valence-electron chi connectivity index (χ2n) is 9.43. The number of benzene rings is 3. The molecule has 0 aliphatic carbocycles. The third kappa shape index (κ3) is 5.50. The summed E-state index contributed by atoms with van der Waals surface area (Å²) < 4.78 is 14.1. The Morgan fingerprint density at radius 1 is 1.10 bits per heavy atom. The van der Waals surface area contributed by atoms with E-state index in [0.717, 1.165) is 32.1 Å². The molecular formula is C29H28N6O6. The van der Waals surface area contributed by atoms with Gasteiger partial charge < -0.3 is 14.0 Å². The van der Waals surface area contributed by atoms with Crippen molar-refractivity contribution in [3.63, 3.8) is 0 Å². The first-order chi connectivity index (χ1) is 19.8. The van der Waals surface area contributed by atoms with E-state index in [9.17, 15) is 14.9 Å². The topological polar surface area (TPSA) is 136 Å². The van der Waals surface area contributed by atoms with Gasteiger partial charge in [-0.3, -0.25) is 15.0 Å². The number of fused-ring (bicyclic) bond motifs is 3. The Morgan fingerprint density at radius 2 is 1.85 bits per heavy atom. The molecule has 1 atom stereocenters. The summed E-state index contributed by atoms with van der Waals surface area (Å²) in [5, 5.41) is 21.1. The molecule has 2 heterocycles. The third-order valence-corrected chi connectivity index (χ3v) is 6.66. The van der Waals surface area contributed by atoms with Gasteiger partial charge in [0, 0.05) is 58.7 Å². The molecule has 0 saturated heterocycles. The lowest BCUT2D eigenvalue weighted by Crippen LogP contribution is -2.18. The van der Waals surface area contributed by atoms with E-state index in [1.807, 2.05) is 57.2 Å². The predicted molar refractivity (Wildman–Crippen MR) is 152 cm³/mol. The Hall–Kier alpha value is -5.10. The van der Waals surface area contributed by atoms with Gasteiger partial charge in [-0.2, -0.15) is 4.68 Å². The molecule has 41 heavy (non-hydrogen) atoms. The molecule has 0 amide bonds. The highest BCUT2D eigenvalue weighted by atomic mass is 16.7. The summed E-state index contributed by atoms with van der Waals surface area (Å²) in [6.07, 6.45) is 1.46. The molecule has 0 fully saturated rings. The van der Waals surface area contributed by atoms with Gasteiger partial charge in [-0.15, -0.1) is 5.10 Å². The Morgan fingerprint density at radius 3 is 2.51 bits per heavy atom. The third-order valence-electron chi connectivity index (χ3n) is 6.66. The molecule has 0 spiro atoms. The van der Waals surface area contributed by atoms with Crippen molar-refractivity contribution in [2.24, 2.45) is 5.16 Å². The van der Waals surface area contributed by atoms with Gasteiger partial charge in [0.2, 0.25) is 0 Å². The maximum atomic E-state index is 12.6. The Balaban J connectivity index is 1.64. The van der Waals surface area contributed by atoms with Crippen molar-refractivity contribution in [1.82, 2.24) is 19.3 Å². The maximum absolute atomic E-state index is 12.6. The lowest BCUT2D eigenvalue weighted by Gasteiger charge is -2.16. The van der Waals surface area contributed by atoms with Crippen LogP contribution in [0.1, 0.15) is 30.5 Å². The lowest BCUT2D eigenvalue weighted by molar-refractivity contribution is -0.384. The van der Waals surface area contributed by atoms with Gasteiger partial charge in [-0.25, -0.2) is 9.78 Å². The molecule has 0 aliphatic heterocycles. The SMILES string of the molecule is CCn1c2ccc(/C(=N/OC(=O)n3cncn3)c3ccc(OC(C)COC)cc3C)cc2c2cc([N+](=O)[O-])ccc21. The number of nitro benzene ring substituents is 1. The van der Waals surface area contributed by atoms with E-state index in [1.165, 1.54) is 18.7 Å². The number of aromatic nitrogens is 4. The van der Waals surface area contributed by atoms with Gasteiger partial charge in [0.15, 0.2) is 0 Å². The highest BCUT2D eigenvalue weighted by Crippen LogP contribution is 2.33. The van der Waals surface area contributed by atoms with E-state index < -0.39 is 11.0 Å². The Bertz CT molecular complexity index is 1780. The average molecular weight is 557 g/mol. The molecule has 1 unspecified atom stereocenters. The number of aryl methyl sites for hydroxylation is 2. The van der Waals surface area contributed by atoms with Crippen LogP contribution in [0.5, 0.6) is 5.75 Å². The second-order valence-corrected chi connectivity index (χ2v) is 9.43. The molecule has 5 aromatic rings. The first-order valence-corrected chi connectivity index (χ1v) is 12.9. The van der Waals surface area contributed by atoms with Gasteiger partial charge in [0.05, 0.1) is 11.5 Å². The zero-order valence-corrected chi connectivity index (χ0v) is 23.0. The Labute approximate surface area is 234 Å². The summed E-state index contributed by atoms with van der Waals surface area (Å²) in [5.41, 5.74) is 4.36. The number of methoxy groups -OCH3 is 1. The van der Waals surface area contributed by atoms with Crippen LogP contribution in [0, 0.1) is 17.0 Å². The van der Waals surface area contributed by atoms with Crippen LogP contribution in [-0.4, -0.2) is 55.9 Å². The molecule has 2 aromatic heterocycles. The predicted octanol–water partition coefficient (Wildman–Crippen LogP) is 5.47. The minimum Gasteiger partial charge on any atom is -0.488 e. The van der Waals surface area contributed by atoms with E-state index >= 15 is 0 Å². The average Bonchev–Trinajstić information content (AvgIpc) is 3.60. The summed E-state index contributed by atoms with van der Waals surface area (Å²) in [5.74, 6) is 0.656. The van der Waals surface area contributed by atoms with Crippen molar-refractivity contribution in [3.8, 4) is 5.75 Å². The maximum Gasteiger partial charge on any atom is 0.462 e. The van der Waals surface area contributed by atoms with Crippen molar-refractivity contribution in [3.05, 3.63) is 94.1 Å².